The monoisotopic (exact) mass is 670 g/mol. The van der Waals surface area contributed by atoms with Crippen LogP contribution in [0.15, 0.2) is 48.5 Å². The van der Waals surface area contributed by atoms with Crippen molar-refractivity contribution in [1.29, 1.82) is 0 Å². The van der Waals surface area contributed by atoms with Crippen molar-refractivity contribution >= 4 is 33.4 Å². The zero-order chi connectivity index (χ0) is 33.1. The zero-order valence-corrected chi connectivity index (χ0v) is 29.2. The maximum absolute atomic E-state index is 14.3. The van der Waals surface area contributed by atoms with E-state index in [2.05, 4.69) is 11.4 Å². The number of aryl methyl sites for hydroxylation is 1. The predicted molar refractivity (Wildman–Crippen MR) is 184 cm³/mol. The van der Waals surface area contributed by atoms with Crippen molar-refractivity contribution in [2.45, 2.75) is 96.2 Å². The fraction of sp³-hybridized carbons (Fsp3) is 0.611. The lowest BCUT2D eigenvalue weighted by Crippen LogP contribution is -2.57. The lowest BCUT2D eigenvalue weighted by molar-refractivity contribution is -0.140. The van der Waals surface area contributed by atoms with Gasteiger partial charge in [-0.15, -0.1) is 0 Å². The van der Waals surface area contributed by atoms with Crippen LogP contribution < -0.4 is 11.1 Å². The summed E-state index contributed by atoms with van der Waals surface area (Å²) in [5, 5.41) is 3.74. The van der Waals surface area contributed by atoms with Crippen molar-refractivity contribution < 1.29 is 18.0 Å². The molecule has 1 saturated heterocycles. The van der Waals surface area contributed by atoms with E-state index in [0.29, 0.717) is 43.4 Å². The molecule has 1 heterocycles. The van der Waals surface area contributed by atoms with E-state index in [0.717, 1.165) is 43.2 Å². The highest BCUT2D eigenvalue weighted by molar-refractivity contribution is 7.88. The normalized spacial score (nSPS) is 22.8. The molecule has 2 aromatic rings. The number of benzene rings is 2. The second kappa shape index (κ2) is 14.8. The molecule has 0 bridgehead atoms. The summed E-state index contributed by atoms with van der Waals surface area (Å²) in [6.45, 7) is 5.44. The number of sulfonamides is 1. The van der Waals surface area contributed by atoms with E-state index in [4.69, 9.17) is 17.3 Å². The first-order chi connectivity index (χ1) is 21.9. The van der Waals surface area contributed by atoms with Crippen LogP contribution in [-0.2, 0) is 32.5 Å². The average Bonchev–Trinajstić information content (AvgIpc) is 3.04. The number of carbonyl (C=O) groups is 2. The maximum atomic E-state index is 14.3. The van der Waals surface area contributed by atoms with E-state index >= 15 is 0 Å². The largest absolute Gasteiger partial charge is 0.344 e. The van der Waals surface area contributed by atoms with Gasteiger partial charge in [-0.2, -0.15) is 4.31 Å². The molecule has 252 valence electrons. The molecule has 3 N–H and O–H groups in total. The van der Waals surface area contributed by atoms with Crippen LogP contribution in [0.3, 0.4) is 0 Å². The Balaban J connectivity index is 1.35. The number of hydrogen-bond donors (Lipinski definition) is 2. The Kier molecular flexibility index (Phi) is 11.2. The highest BCUT2D eigenvalue weighted by Gasteiger charge is 2.46. The molecule has 2 amide bonds. The SMILES string of the molecule is CC(C)N(CC1(C2CCCCC2)CCN(C(=O)[C@@H](Cc2ccc(Cl)cc2)NC(=O)C2CCc3ccccc3C2N)CC1)S(C)(=O)=O. The van der Waals surface area contributed by atoms with Crippen LogP contribution in [0.5, 0.6) is 0 Å². The smallest absolute Gasteiger partial charge is 0.245 e. The Bertz CT molecular complexity index is 1470. The molecule has 2 aromatic carbocycles. The number of likely N-dealkylation sites (tertiary alicyclic amines) is 1. The molecule has 8 nitrogen and oxygen atoms in total. The topological polar surface area (TPSA) is 113 Å². The van der Waals surface area contributed by atoms with Gasteiger partial charge in [0, 0.05) is 43.2 Å². The number of fused-ring (bicyclic) bond motifs is 1. The number of hydrogen-bond acceptors (Lipinski definition) is 5. The highest BCUT2D eigenvalue weighted by atomic mass is 35.5. The van der Waals surface area contributed by atoms with E-state index in [-0.39, 0.29) is 23.3 Å². The van der Waals surface area contributed by atoms with Gasteiger partial charge in [-0.3, -0.25) is 9.59 Å². The van der Waals surface area contributed by atoms with Crippen LogP contribution in [-0.4, -0.2) is 67.4 Å². The fourth-order valence-corrected chi connectivity index (χ4v) is 9.60. The van der Waals surface area contributed by atoms with Crippen molar-refractivity contribution in [3.8, 4) is 0 Å². The second-order valence-electron chi connectivity index (χ2n) is 14.2. The summed E-state index contributed by atoms with van der Waals surface area (Å²) in [5.74, 6) is -0.284. The molecular formula is C36H51ClN4O4S. The zero-order valence-electron chi connectivity index (χ0n) is 27.6. The van der Waals surface area contributed by atoms with E-state index in [9.17, 15) is 18.0 Å². The van der Waals surface area contributed by atoms with Gasteiger partial charge < -0.3 is 16.0 Å². The van der Waals surface area contributed by atoms with Crippen LogP contribution in [0.2, 0.25) is 5.02 Å². The highest BCUT2D eigenvalue weighted by Crippen LogP contribution is 2.47. The average molecular weight is 671 g/mol. The summed E-state index contributed by atoms with van der Waals surface area (Å²) in [4.78, 5) is 30.0. The van der Waals surface area contributed by atoms with E-state index in [1.807, 2.05) is 49.1 Å². The van der Waals surface area contributed by atoms with Gasteiger partial charge in [-0.25, -0.2) is 8.42 Å². The van der Waals surface area contributed by atoms with Crippen LogP contribution in [0.25, 0.3) is 0 Å². The van der Waals surface area contributed by atoms with Gasteiger partial charge in [0.2, 0.25) is 21.8 Å². The summed E-state index contributed by atoms with van der Waals surface area (Å²) in [7, 11) is -3.38. The summed E-state index contributed by atoms with van der Waals surface area (Å²) < 4.78 is 27.4. The van der Waals surface area contributed by atoms with Gasteiger partial charge in [-0.05, 0) is 92.5 Å². The number of amides is 2. The van der Waals surface area contributed by atoms with Crippen LogP contribution in [0.4, 0.5) is 0 Å². The summed E-state index contributed by atoms with van der Waals surface area (Å²) >= 11 is 6.15. The van der Waals surface area contributed by atoms with Crippen LogP contribution in [0, 0.1) is 17.3 Å². The van der Waals surface area contributed by atoms with Gasteiger partial charge in [-0.1, -0.05) is 67.3 Å². The molecule has 2 fully saturated rings. The molecule has 0 spiro atoms. The quantitative estimate of drug-likeness (QED) is 0.347. The molecule has 0 radical (unpaired) electrons. The first-order valence-corrected chi connectivity index (χ1v) is 19.2. The lowest BCUT2D eigenvalue weighted by atomic mass is 9.63. The minimum Gasteiger partial charge on any atom is -0.344 e. The number of halogens is 1. The summed E-state index contributed by atoms with van der Waals surface area (Å²) in [6.07, 6.45) is 10.3. The van der Waals surface area contributed by atoms with E-state index < -0.39 is 28.0 Å². The third kappa shape index (κ3) is 7.97. The van der Waals surface area contributed by atoms with Gasteiger partial charge in [0.1, 0.15) is 6.04 Å². The van der Waals surface area contributed by atoms with Crippen LogP contribution >= 0.6 is 11.6 Å². The number of rotatable bonds is 10. The Labute approximate surface area is 280 Å². The lowest BCUT2D eigenvalue weighted by Gasteiger charge is -2.50. The standard InChI is InChI=1S/C36H51ClN4O4S/c1-25(2)41(46(3,44)45)24-36(28-10-5-4-6-11-28)19-21-40(22-20-36)35(43)32(23-26-13-16-29(37)17-14-26)39-34(42)31-18-15-27-9-7-8-12-30(27)33(31)38/h7-9,12-14,16-17,25,28,31-33H,4-6,10-11,15,18-24,38H2,1-3H3,(H,39,42)/t31?,32-,33?/m1/s1. The molecule has 46 heavy (non-hydrogen) atoms. The first kappa shape index (κ1) is 34.9. The number of carbonyl (C=O) groups excluding carboxylic acids is 2. The third-order valence-electron chi connectivity index (χ3n) is 10.9. The van der Waals surface area contributed by atoms with E-state index in [1.165, 1.54) is 31.1 Å². The van der Waals surface area contributed by atoms with Crippen molar-refractivity contribution in [1.82, 2.24) is 14.5 Å². The fourth-order valence-electron chi connectivity index (χ4n) is 8.22. The molecule has 3 aliphatic rings. The number of piperidine rings is 1. The number of nitrogens with one attached hydrogen (secondary N) is 1. The Hall–Kier alpha value is -2.46. The Morgan fingerprint density at radius 2 is 1.67 bits per heavy atom. The molecule has 2 aliphatic carbocycles. The second-order valence-corrected chi connectivity index (χ2v) is 16.6. The first-order valence-electron chi connectivity index (χ1n) is 17.0. The number of nitrogens with two attached hydrogens (primary N) is 1. The van der Waals surface area contributed by atoms with Gasteiger partial charge in [0.15, 0.2) is 0 Å². The van der Waals surface area contributed by atoms with Crippen molar-refractivity contribution in [3.05, 3.63) is 70.2 Å². The van der Waals surface area contributed by atoms with Gasteiger partial charge >= 0.3 is 0 Å². The molecular weight excluding hydrogens is 620 g/mol. The molecule has 1 aliphatic heterocycles. The predicted octanol–water partition coefficient (Wildman–Crippen LogP) is 5.49. The van der Waals surface area contributed by atoms with Crippen molar-refractivity contribution in [2.24, 2.45) is 23.0 Å². The van der Waals surface area contributed by atoms with Crippen molar-refractivity contribution in [2.75, 3.05) is 25.9 Å². The molecule has 1 saturated carbocycles. The minimum atomic E-state index is -3.38. The van der Waals surface area contributed by atoms with Crippen LogP contribution in [0.1, 0.15) is 87.9 Å². The number of nitrogens with zero attached hydrogens (tertiary/aromatic N) is 2. The molecule has 5 rings (SSSR count). The van der Waals surface area contributed by atoms with E-state index in [1.54, 1.807) is 16.4 Å². The maximum Gasteiger partial charge on any atom is 0.245 e. The molecule has 2 unspecified atom stereocenters. The summed E-state index contributed by atoms with van der Waals surface area (Å²) in [6, 6.07) is 14.1. The summed E-state index contributed by atoms with van der Waals surface area (Å²) in [5.41, 5.74) is 9.53. The molecule has 0 aromatic heterocycles. The molecule has 10 heteroatoms. The Morgan fingerprint density at radius 1 is 1.02 bits per heavy atom. The van der Waals surface area contributed by atoms with Gasteiger partial charge in [0.05, 0.1) is 12.2 Å². The van der Waals surface area contributed by atoms with Crippen molar-refractivity contribution in [3.63, 3.8) is 0 Å². The van der Waals surface area contributed by atoms with Gasteiger partial charge in [0.25, 0.3) is 0 Å². The third-order valence-corrected chi connectivity index (χ3v) is 12.5. The minimum absolute atomic E-state index is 0.103. The molecule has 3 atom stereocenters. The Morgan fingerprint density at radius 3 is 2.30 bits per heavy atom.